The van der Waals surface area contributed by atoms with Crippen LogP contribution in [-0.4, -0.2) is 44.9 Å². The van der Waals surface area contributed by atoms with Gasteiger partial charge in [0, 0.05) is 23.0 Å². The summed E-state index contributed by atoms with van der Waals surface area (Å²) in [5, 5.41) is 29.0. The first-order valence-corrected chi connectivity index (χ1v) is 10.4. The van der Waals surface area contributed by atoms with E-state index >= 15 is 0 Å². The number of rotatable bonds is 6. The van der Waals surface area contributed by atoms with Gasteiger partial charge in [0.15, 0.2) is 6.23 Å². The Morgan fingerprint density at radius 2 is 1.91 bits per heavy atom. The van der Waals surface area contributed by atoms with Crippen LogP contribution in [-0.2, 0) is 0 Å². The molecule has 2 aromatic carbocycles. The molecule has 0 bridgehead atoms. The van der Waals surface area contributed by atoms with Crippen LogP contribution in [0.1, 0.15) is 15.9 Å². The molecule has 4 rings (SSSR count). The molecule has 0 fully saturated rings. The molecule has 166 valence electrons. The van der Waals surface area contributed by atoms with Crippen molar-refractivity contribution in [3.63, 3.8) is 0 Å². The Hall–Kier alpha value is -3.85. The second-order valence-electron chi connectivity index (χ2n) is 7.09. The molecule has 0 aliphatic carbocycles. The van der Waals surface area contributed by atoms with E-state index in [0.717, 1.165) is 5.56 Å². The molecule has 3 aromatic rings. The van der Waals surface area contributed by atoms with E-state index in [1.807, 2.05) is 30.3 Å². The minimum absolute atomic E-state index is 0.0230. The second-order valence-corrected chi connectivity index (χ2v) is 7.53. The standard InChI is InChI=1S/C24H20ClN5O3/c25-17-7-8-18-19(14-17)28-24(33)22(27-18)21(20(31)9-6-15-4-2-1-3-5-15)29-30-23(32)16-10-12-26-13-11-16/h1-14,20,24,28,31,33H,(H,30,32)/b9-6-,29-21?. The third kappa shape index (κ3) is 5.50. The van der Waals surface area contributed by atoms with Crippen LogP contribution in [0.2, 0.25) is 5.02 Å². The highest BCUT2D eigenvalue weighted by Crippen LogP contribution is 2.32. The highest BCUT2D eigenvalue weighted by atomic mass is 35.5. The Morgan fingerprint density at radius 3 is 2.67 bits per heavy atom. The average Bonchev–Trinajstić information content (AvgIpc) is 2.84. The summed E-state index contributed by atoms with van der Waals surface area (Å²) in [4.78, 5) is 20.8. The normalized spacial score (nSPS) is 16.5. The molecule has 33 heavy (non-hydrogen) atoms. The van der Waals surface area contributed by atoms with Gasteiger partial charge in [0.25, 0.3) is 5.91 Å². The van der Waals surface area contributed by atoms with Crippen molar-refractivity contribution in [2.45, 2.75) is 12.3 Å². The quantitative estimate of drug-likeness (QED) is 0.331. The predicted octanol–water partition coefficient (Wildman–Crippen LogP) is 3.41. The Kier molecular flexibility index (Phi) is 6.89. The van der Waals surface area contributed by atoms with Crippen molar-refractivity contribution >= 4 is 46.4 Å². The van der Waals surface area contributed by atoms with Crippen LogP contribution >= 0.6 is 11.6 Å². The fraction of sp³-hybridized carbons (Fsp3) is 0.0833. The lowest BCUT2D eigenvalue weighted by molar-refractivity contribution is 0.0954. The molecule has 9 heteroatoms. The van der Waals surface area contributed by atoms with Gasteiger partial charge in [-0.05, 0) is 42.0 Å². The Bertz CT molecular complexity index is 1230. The number of aliphatic imine (C=N–C) groups is 1. The molecule has 0 saturated carbocycles. The van der Waals surface area contributed by atoms with E-state index < -0.39 is 18.2 Å². The highest BCUT2D eigenvalue weighted by molar-refractivity contribution is 6.47. The van der Waals surface area contributed by atoms with Gasteiger partial charge < -0.3 is 15.5 Å². The molecule has 8 nitrogen and oxygen atoms in total. The van der Waals surface area contributed by atoms with Crippen molar-refractivity contribution in [1.82, 2.24) is 10.4 Å². The van der Waals surface area contributed by atoms with Gasteiger partial charge in [-0.25, -0.2) is 10.4 Å². The topological polar surface area (TPSA) is 119 Å². The summed E-state index contributed by atoms with van der Waals surface area (Å²) in [7, 11) is 0. The van der Waals surface area contributed by atoms with E-state index in [1.165, 1.54) is 30.6 Å². The van der Waals surface area contributed by atoms with Gasteiger partial charge in [0.1, 0.15) is 17.5 Å². The summed E-state index contributed by atoms with van der Waals surface area (Å²) in [5.74, 6) is -0.500. The van der Waals surface area contributed by atoms with Gasteiger partial charge in [-0.2, -0.15) is 5.10 Å². The van der Waals surface area contributed by atoms with Crippen molar-refractivity contribution in [3.8, 4) is 0 Å². The molecule has 0 radical (unpaired) electrons. The number of benzene rings is 2. The maximum atomic E-state index is 12.5. The zero-order valence-electron chi connectivity index (χ0n) is 17.3. The highest BCUT2D eigenvalue weighted by Gasteiger charge is 2.28. The number of amides is 1. The summed E-state index contributed by atoms with van der Waals surface area (Å²) in [6.45, 7) is 0. The van der Waals surface area contributed by atoms with Crippen LogP contribution in [0.3, 0.4) is 0 Å². The SMILES string of the molecule is O=C(NN=C(C1=Nc2ccc(Cl)cc2NC1O)C(O)/C=C\c1ccccc1)c1ccncc1. The number of anilines is 1. The molecular formula is C24H20ClN5O3. The van der Waals surface area contributed by atoms with Crippen LogP contribution in [0.15, 0.2) is 89.2 Å². The molecule has 1 aliphatic heterocycles. The number of nitrogens with zero attached hydrogens (tertiary/aromatic N) is 3. The van der Waals surface area contributed by atoms with Gasteiger partial charge in [-0.3, -0.25) is 9.78 Å². The summed E-state index contributed by atoms with van der Waals surface area (Å²) >= 11 is 6.02. The maximum Gasteiger partial charge on any atom is 0.271 e. The summed E-state index contributed by atoms with van der Waals surface area (Å²) < 4.78 is 0. The van der Waals surface area contributed by atoms with Crippen molar-refractivity contribution < 1.29 is 15.0 Å². The van der Waals surface area contributed by atoms with Crippen molar-refractivity contribution in [2.24, 2.45) is 10.1 Å². The van der Waals surface area contributed by atoms with Crippen LogP contribution in [0, 0.1) is 0 Å². The molecule has 4 N–H and O–H groups in total. The second kappa shape index (κ2) is 10.2. The average molecular weight is 462 g/mol. The zero-order valence-corrected chi connectivity index (χ0v) is 18.0. The fourth-order valence-corrected chi connectivity index (χ4v) is 3.31. The molecule has 2 heterocycles. The Morgan fingerprint density at radius 1 is 1.15 bits per heavy atom. The number of pyridine rings is 1. The molecule has 0 saturated heterocycles. The number of hydrogen-bond acceptors (Lipinski definition) is 7. The lowest BCUT2D eigenvalue weighted by Gasteiger charge is -2.25. The third-order valence-electron chi connectivity index (χ3n) is 4.78. The van der Waals surface area contributed by atoms with Crippen molar-refractivity contribution in [1.29, 1.82) is 0 Å². The molecule has 0 spiro atoms. The molecule has 2 unspecified atom stereocenters. The number of nitrogens with one attached hydrogen (secondary N) is 2. The Balaban J connectivity index is 1.68. The minimum Gasteiger partial charge on any atom is -0.383 e. The zero-order chi connectivity index (χ0) is 23.2. The molecule has 1 aromatic heterocycles. The van der Waals surface area contributed by atoms with Crippen molar-refractivity contribution in [2.75, 3.05) is 5.32 Å². The van der Waals surface area contributed by atoms with Crippen LogP contribution in [0.4, 0.5) is 11.4 Å². The first kappa shape index (κ1) is 22.3. The smallest absolute Gasteiger partial charge is 0.271 e. The van der Waals surface area contributed by atoms with Crippen LogP contribution in [0.5, 0.6) is 0 Å². The first-order chi connectivity index (χ1) is 16.0. The molecule has 2 atom stereocenters. The number of hydrogen-bond donors (Lipinski definition) is 4. The van der Waals surface area contributed by atoms with Gasteiger partial charge in [0.05, 0.1) is 11.4 Å². The lowest BCUT2D eigenvalue weighted by atomic mass is 10.0. The number of halogens is 1. The van der Waals surface area contributed by atoms with Crippen LogP contribution in [0.25, 0.3) is 6.08 Å². The number of aliphatic hydroxyl groups is 2. The van der Waals surface area contributed by atoms with E-state index in [1.54, 1.807) is 24.3 Å². The third-order valence-corrected chi connectivity index (χ3v) is 5.02. The monoisotopic (exact) mass is 461 g/mol. The van der Waals surface area contributed by atoms with Gasteiger partial charge >= 0.3 is 0 Å². The summed E-state index contributed by atoms with van der Waals surface area (Å²) in [6, 6.07) is 17.4. The fourth-order valence-electron chi connectivity index (χ4n) is 3.14. The number of aromatic nitrogens is 1. The number of hydrazone groups is 1. The van der Waals surface area contributed by atoms with Gasteiger partial charge in [-0.15, -0.1) is 0 Å². The van der Waals surface area contributed by atoms with Crippen molar-refractivity contribution in [3.05, 3.63) is 95.3 Å². The maximum absolute atomic E-state index is 12.5. The van der Waals surface area contributed by atoms with Crippen LogP contribution < -0.4 is 10.7 Å². The first-order valence-electron chi connectivity index (χ1n) is 10.0. The minimum atomic E-state index is -1.28. The number of fused-ring (bicyclic) bond motifs is 1. The van der Waals surface area contributed by atoms with E-state index in [0.29, 0.717) is 22.0 Å². The number of aliphatic hydroxyl groups excluding tert-OH is 2. The molecule has 1 amide bonds. The summed E-state index contributed by atoms with van der Waals surface area (Å²) in [6.07, 6.45) is 3.62. The molecular weight excluding hydrogens is 442 g/mol. The van der Waals surface area contributed by atoms with Gasteiger partial charge in [0.2, 0.25) is 0 Å². The Labute approximate surface area is 195 Å². The van der Waals surface area contributed by atoms with E-state index in [-0.39, 0.29) is 11.4 Å². The lowest BCUT2D eigenvalue weighted by Crippen LogP contribution is -2.42. The van der Waals surface area contributed by atoms with Gasteiger partial charge in [-0.1, -0.05) is 48.0 Å². The molecule has 1 aliphatic rings. The number of carbonyl (C=O) groups excluding carboxylic acids is 1. The van der Waals surface area contributed by atoms with E-state index in [2.05, 4.69) is 25.8 Å². The van der Waals surface area contributed by atoms with E-state index in [9.17, 15) is 15.0 Å². The summed E-state index contributed by atoms with van der Waals surface area (Å²) in [5.41, 5.74) is 4.70. The largest absolute Gasteiger partial charge is 0.383 e. The number of carbonyl (C=O) groups is 1. The predicted molar refractivity (Wildman–Crippen MR) is 129 cm³/mol. The van der Waals surface area contributed by atoms with E-state index in [4.69, 9.17) is 11.6 Å².